The van der Waals surface area contributed by atoms with Gasteiger partial charge in [0.05, 0.1) is 18.2 Å². The van der Waals surface area contributed by atoms with Crippen molar-refractivity contribution in [1.29, 1.82) is 0 Å². The molecule has 4 aromatic rings. The van der Waals surface area contributed by atoms with Gasteiger partial charge >= 0.3 is 0 Å². The Hall–Kier alpha value is -4.05. The lowest BCUT2D eigenvalue weighted by Gasteiger charge is -2.34. The smallest absolute Gasteiger partial charge is 0.265 e. The fraction of sp³-hybridized carbons (Fsp3) is 0.444. The number of nitrogens with one attached hydrogen (secondary N) is 2. The highest BCUT2D eigenvalue weighted by atomic mass is 32.2. The highest BCUT2D eigenvalue weighted by molar-refractivity contribution is 7.97. The van der Waals surface area contributed by atoms with E-state index in [1.807, 2.05) is 42.6 Å². The number of amides is 1. The van der Waals surface area contributed by atoms with Crippen LogP contribution in [-0.4, -0.2) is 44.3 Å². The Bertz CT molecular complexity index is 1650. The molecular formula is C36H43N7O2S. The van der Waals surface area contributed by atoms with Crippen molar-refractivity contribution in [2.24, 2.45) is 11.8 Å². The van der Waals surface area contributed by atoms with E-state index >= 15 is 0 Å². The molecule has 1 amide bonds. The largest absolute Gasteiger partial charge is 0.477 e. The van der Waals surface area contributed by atoms with Crippen LogP contribution in [0.2, 0.25) is 0 Å². The van der Waals surface area contributed by atoms with Gasteiger partial charge in [0.1, 0.15) is 16.7 Å². The summed E-state index contributed by atoms with van der Waals surface area (Å²) in [5.74, 6) is 3.74. The van der Waals surface area contributed by atoms with E-state index in [0.717, 1.165) is 44.0 Å². The number of nitrogens with zero attached hydrogens (tertiary/aromatic N) is 5. The third kappa shape index (κ3) is 6.87. The SMILES string of the molecule is CC1(C)C[C@@H]2CCC(c3ccccc3)Nc3cccc(n3)SNC(=O)c3ccc(-n4ccc(OCCC5CCCC5)n4)nc3N1C2. The van der Waals surface area contributed by atoms with Gasteiger partial charge in [0.25, 0.3) is 5.91 Å². The summed E-state index contributed by atoms with van der Waals surface area (Å²) < 4.78 is 10.8. The van der Waals surface area contributed by atoms with E-state index < -0.39 is 0 Å². The van der Waals surface area contributed by atoms with Gasteiger partial charge in [-0.2, -0.15) is 0 Å². The number of aromatic nitrogens is 4. The van der Waals surface area contributed by atoms with Gasteiger partial charge in [-0.1, -0.05) is 62.1 Å². The van der Waals surface area contributed by atoms with E-state index in [0.29, 0.717) is 40.6 Å². The Morgan fingerprint density at radius 2 is 1.80 bits per heavy atom. The fourth-order valence-corrected chi connectivity index (χ4v) is 7.93. The van der Waals surface area contributed by atoms with Crippen molar-refractivity contribution in [3.05, 3.63) is 84.1 Å². The Labute approximate surface area is 275 Å². The Kier molecular flexibility index (Phi) is 8.88. The second-order valence-electron chi connectivity index (χ2n) is 13.5. The number of carbonyl (C=O) groups is 1. The van der Waals surface area contributed by atoms with Crippen LogP contribution in [0, 0.1) is 11.8 Å². The number of pyridine rings is 2. The van der Waals surface area contributed by atoms with Gasteiger partial charge in [-0.15, -0.1) is 5.10 Å². The van der Waals surface area contributed by atoms with Crippen LogP contribution in [0.4, 0.5) is 11.6 Å². The maximum atomic E-state index is 13.8. The summed E-state index contributed by atoms with van der Waals surface area (Å²) in [5.41, 5.74) is 1.60. The number of hydrogen-bond acceptors (Lipinski definition) is 8. The molecule has 1 aliphatic carbocycles. The van der Waals surface area contributed by atoms with Crippen LogP contribution in [0.1, 0.15) is 87.2 Å². The molecule has 4 bridgehead atoms. The summed E-state index contributed by atoms with van der Waals surface area (Å²) in [6, 6.07) is 22.2. The first-order valence-corrected chi connectivity index (χ1v) is 17.5. The quantitative estimate of drug-likeness (QED) is 0.209. The van der Waals surface area contributed by atoms with Gasteiger partial charge in [0.2, 0.25) is 5.88 Å². The summed E-state index contributed by atoms with van der Waals surface area (Å²) in [5, 5.41) is 9.09. The first-order chi connectivity index (χ1) is 22.4. The molecule has 2 N–H and O–H groups in total. The Morgan fingerprint density at radius 3 is 2.65 bits per heavy atom. The molecule has 2 aliphatic heterocycles. The molecule has 3 aliphatic rings. The average molecular weight is 638 g/mol. The fourth-order valence-electron chi connectivity index (χ4n) is 7.34. The predicted molar refractivity (Wildman–Crippen MR) is 183 cm³/mol. The third-order valence-corrected chi connectivity index (χ3v) is 10.5. The van der Waals surface area contributed by atoms with Crippen LogP contribution in [0.5, 0.6) is 5.88 Å². The third-order valence-electron chi connectivity index (χ3n) is 9.73. The van der Waals surface area contributed by atoms with Gasteiger partial charge in [-0.25, -0.2) is 14.6 Å². The van der Waals surface area contributed by atoms with Crippen molar-refractivity contribution in [2.75, 3.05) is 23.4 Å². The zero-order valence-electron chi connectivity index (χ0n) is 26.7. The second kappa shape index (κ2) is 13.4. The summed E-state index contributed by atoms with van der Waals surface area (Å²) in [6.45, 7) is 6.01. The minimum absolute atomic E-state index is 0.122. The molecule has 0 radical (unpaired) electrons. The number of anilines is 2. The average Bonchev–Trinajstić information content (AvgIpc) is 3.83. The molecule has 240 valence electrons. The van der Waals surface area contributed by atoms with Crippen LogP contribution in [0.15, 0.2) is 78.0 Å². The summed E-state index contributed by atoms with van der Waals surface area (Å²) in [6.07, 6.45) is 11.3. The molecule has 9 nitrogen and oxygen atoms in total. The molecule has 1 saturated heterocycles. The topological polar surface area (TPSA) is 97.2 Å². The van der Waals surface area contributed by atoms with Crippen LogP contribution < -0.4 is 19.7 Å². The van der Waals surface area contributed by atoms with Gasteiger partial charge < -0.3 is 15.0 Å². The molecule has 2 fully saturated rings. The Balaban J connectivity index is 1.17. The van der Waals surface area contributed by atoms with Crippen molar-refractivity contribution >= 4 is 29.5 Å². The van der Waals surface area contributed by atoms with Gasteiger partial charge in [0, 0.05) is 36.3 Å². The molecule has 1 saturated carbocycles. The molecule has 0 spiro atoms. The zero-order chi connectivity index (χ0) is 31.5. The van der Waals surface area contributed by atoms with Crippen LogP contribution >= 0.6 is 11.9 Å². The molecule has 1 aromatic carbocycles. The lowest BCUT2D eigenvalue weighted by atomic mass is 9.90. The van der Waals surface area contributed by atoms with Crippen LogP contribution in [0.25, 0.3) is 5.82 Å². The van der Waals surface area contributed by atoms with Crippen molar-refractivity contribution in [1.82, 2.24) is 24.5 Å². The first kappa shape index (κ1) is 30.6. The molecule has 7 rings (SSSR count). The number of carbonyl (C=O) groups excluding carboxylic acids is 1. The number of hydrogen-bond donors (Lipinski definition) is 2. The van der Waals surface area contributed by atoms with E-state index in [1.165, 1.54) is 43.2 Å². The van der Waals surface area contributed by atoms with Crippen molar-refractivity contribution in [2.45, 2.75) is 81.8 Å². The van der Waals surface area contributed by atoms with Crippen molar-refractivity contribution in [3.8, 4) is 11.7 Å². The standard InChI is InChI=1S/C36H43N7O2S/c1-36(2)23-26-15-17-29(27-11-4-3-5-12-27)37-30-13-8-14-33(38-30)46-41-35(44)28-16-18-31(39-34(28)42(36)24-26)43-21-19-32(40-43)45-22-20-25-9-6-7-10-25/h3-5,8,11-14,16,18-19,21,25-26,29H,6-7,9-10,15,17,20,22-24H2,1-2H3,(H,37,38)(H,41,44)/t26-,29?/m0/s1. The number of fused-ring (bicyclic) bond motifs is 6. The van der Waals surface area contributed by atoms with E-state index in [9.17, 15) is 4.79 Å². The Morgan fingerprint density at radius 1 is 0.957 bits per heavy atom. The van der Waals surface area contributed by atoms with Gasteiger partial charge in [0.15, 0.2) is 5.82 Å². The first-order valence-electron chi connectivity index (χ1n) is 16.6. The van der Waals surface area contributed by atoms with Crippen LogP contribution in [-0.2, 0) is 0 Å². The molecule has 10 heteroatoms. The molecular weight excluding hydrogens is 595 g/mol. The molecule has 3 aromatic heterocycles. The summed E-state index contributed by atoms with van der Waals surface area (Å²) >= 11 is 1.22. The van der Waals surface area contributed by atoms with E-state index in [2.05, 4.69) is 59.1 Å². The maximum absolute atomic E-state index is 13.8. The van der Waals surface area contributed by atoms with E-state index in [1.54, 1.807) is 4.68 Å². The molecule has 1 unspecified atom stereocenters. The highest BCUT2D eigenvalue weighted by Crippen LogP contribution is 2.41. The maximum Gasteiger partial charge on any atom is 0.265 e. The minimum atomic E-state index is -0.202. The normalized spacial score (nSPS) is 21.5. The predicted octanol–water partition coefficient (Wildman–Crippen LogP) is 7.61. The van der Waals surface area contributed by atoms with Crippen molar-refractivity contribution < 1.29 is 9.53 Å². The highest BCUT2D eigenvalue weighted by Gasteiger charge is 2.41. The molecule has 46 heavy (non-hydrogen) atoms. The molecule has 5 heterocycles. The number of ether oxygens (including phenoxy) is 1. The lowest BCUT2D eigenvalue weighted by molar-refractivity contribution is 0.0984. The van der Waals surface area contributed by atoms with Crippen molar-refractivity contribution in [3.63, 3.8) is 0 Å². The second-order valence-corrected chi connectivity index (χ2v) is 14.3. The molecule has 2 atom stereocenters. The minimum Gasteiger partial charge on any atom is -0.477 e. The van der Waals surface area contributed by atoms with Gasteiger partial charge in [-0.05, 0) is 81.2 Å². The summed E-state index contributed by atoms with van der Waals surface area (Å²) in [4.78, 5) is 26.0. The van der Waals surface area contributed by atoms with E-state index in [-0.39, 0.29) is 17.5 Å². The zero-order valence-corrected chi connectivity index (χ0v) is 27.5. The van der Waals surface area contributed by atoms with Gasteiger partial charge in [-0.3, -0.25) is 9.52 Å². The number of benzene rings is 1. The van der Waals surface area contributed by atoms with E-state index in [4.69, 9.17) is 19.8 Å². The monoisotopic (exact) mass is 637 g/mol. The number of rotatable bonds is 6. The summed E-state index contributed by atoms with van der Waals surface area (Å²) in [7, 11) is 0. The lowest BCUT2D eigenvalue weighted by Crippen LogP contribution is -2.40. The van der Waals surface area contributed by atoms with Crippen LogP contribution in [0.3, 0.4) is 0 Å².